The maximum absolute atomic E-state index is 11.2. The fraction of sp³-hybridized carbons (Fsp3) is 0.538. The van der Waals surface area contributed by atoms with Gasteiger partial charge in [0.15, 0.2) is 0 Å². The zero-order valence-corrected chi connectivity index (χ0v) is 11.1. The van der Waals surface area contributed by atoms with Gasteiger partial charge >= 0.3 is 5.97 Å². The molecule has 2 rings (SSSR count). The number of nitrogens with zero attached hydrogens (tertiary/aromatic N) is 3. The molecule has 0 atom stereocenters. The van der Waals surface area contributed by atoms with Gasteiger partial charge in [-0.15, -0.1) is 0 Å². The van der Waals surface area contributed by atoms with Crippen molar-refractivity contribution in [1.82, 2.24) is 9.88 Å². The van der Waals surface area contributed by atoms with E-state index in [4.69, 9.17) is 4.74 Å². The Balaban J connectivity index is 1.83. The van der Waals surface area contributed by atoms with Crippen LogP contribution < -0.4 is 4.90 Å². The standard InChI is InChI=1S/C13H19N3O2/c1-15(2)12-5-4-10(6-14-12)7-16-8-11(9-16)13(17)18-3/h4-6,11H,7-9H2,1-3H3. The van der Waals surface area contributed by atoms with Crippen molar-refractivity contribution in [1.29, 1.82) is 0 Å². The molecule has 1 saturated heterocycles. The van der Waals surface area contributed by atoms with Gasteiger partial charge in [0, 0.05) is 39.9 Å². The lowest BCUT2D eigenvalue weighted by atomic mass is 10.00. The Bertz CT molecular complexity index is 411. The quantitative estimate of drug-likeness (QED) is 0.737. The molecule has 0 spiro atoms. The average molecular weight is 249 g/mol. The number of aromatic nitrogens is 1. The van der Waals surface area contributed by atoms with Crippen LogP contribution in [0.1, 0.15) is 5.56 Å². The second kappa shape index (κ2) is 5.35. The van der Waals surface area contributed by atoms with E-state index in [1.807, 2.05) is 31.3 Å². The molecule has 0 saturated carbocycles. The van der Waals surface area contributed by atoms with Crippen molar-refractivity contribution in [3.8, 4) is 0 Å². The third kappa shape index (κ3) is 2.79. The Kier molecular flexibility index (Phi) is 3.81. The SMILES string of the molecule is COC(=O)C1CN(Cc2ccc(N(C)C)nc2)C1. The molecule has 0 aliphatic carbocycles. The molecule has 0 aromatic carbocycles. The fourth-order valence-electron chi connectivity index (χ4n) is 2.05. The number of ether oxygens (including phenoxy) is 1. The van der Waals surface area contributed by atoms with E-state index >= 15 is 0 Å². The van der Waals surface area contributed by atoms with Crippen LogP contribution in [-0.4, -0.2) is 50.1 Å². The van der Waals surface area contributed by atoms with Crippen LogP contribution >= 0.6 is 0 Å². The van der Waals surface area contributed by atoms with Crippen LogP contribution in [0.25, 0.3) is 0 Å². The molecule has 0 radical (unpaired) electrons. The lowest BCUT2D eigenvalue weighted by Crippen LogP contribution is -2.49. The second-order valence-electron chi connectivity index (χ2n) is 4.83. The molecule has 5 nitrogen and oxygen atoms in total. The van der Waals surface area contributed by atoms with Gasteiger partial charge in [-0.3, -0.25) is 9.69 Å². The maximum atomic E-state index is 11.2. The summed E-state index contributed by atoms with van der Waals surface area (Å²) < 4.78 is 4.71. The lowest BCUT2D eigenvalue weighted by molar-refractivity contribution is -0.151. The number of hydrogen-bond acceptors (Lipinski definition) is 5. The third-order valence-corrected chi connectivity index (χ3v) is 3.17. The highest BCUT2D eigenvalue weighted by Gasteiger charge is 2.33. The van der Waals surface area contributed by atoms with Crippen LogP contribution in [-0.2, 0) is 16.1 Å². The average Bonchev–Trinajstić information content (AvgIpc) is 2.33. The maximum Gasteiger partial charge on any atom is 0.311 e. The van der Waals surface area contributed by atoms with Gasteiger partial charge in [-0.1, -0.05) is 6.07 Å². The van der Waals surface area contributed by atoms with Crippen LogP contribution in [0, 0.1) is 5.92 Å². The normalized spacial score (nSPS) is 16.2. The van der Waals surface area contributed by atoms with Crippen molar-refractivity contribution in [2.75, 3.05) is 39.2 Å². The number of anilines is 1. The molecule has 1 aliphatic rings. The molecular formula is C13H19N3O2. The highest BCUT2D eigenvalue weighted by Crippen LogP contribution is 2.20. The van der Waals surface area contributed by atoms with Gasteiger partial charge in [-0.05, 0) is 11.6 Å². The number of carbonyl (C=O) groups excluding carboxylic acids is 1. The van der Waals surface area contributed by atoms with E-state index in [1.54, 1.807) is 0 Å². The molecule has 0 amide bonds. The van der Waals surface area contributed by atoms with Gasteiger partial charge in [-0.2, -0.15) is 0 Å². The number of carbonyl (C=O) groups is 1. The molecule has 0 bridgehead atoms. The van der Waals surface area contributed by atoms with Gasteiger partial charge in [0.2, 0.25) is 0 Å². The lowest BCUT2D eigenvalue weighted by Gasteiger charge is -2.37. The van der Waals surface area contributed by atoms with Crippen molar-refractivity contribution in [2.24, 2.45) is 5.92 Å². The highest BCUT2D eigenvalue weighted by molar-refractivity contribution is 5.73. The van der Waals surface area contributed by atoms with Crippen molar-refractivity contribution in [3.05, 3.63) is 23.9 Å². The van der Waals surface area contributed by atoms with Crippen molar-refractivity contribution in [2.45, 2.75) is 6.54 Å². The Morgan fingerprint density at radius 3 is 2.72 bits per heavy atom. The molecule has 2 heterocycles. The van der Waals surface area contributed by atoms with E-state index in [9.17, 15) is 4.79 Å². The number of pyridine rings is 1. The molecule has 5 heteroatoms. The molecule has 1 fully saturated rings. The number of rotatable bonds is 4. The van der Waals surface area contributed by atoms with Gasteiger partial charge in [0.25, 0.3) is 0 Å². The molecule has 0 N–H and O–H groups in total. The van der Waals surface area contributed by atoms with E-state index in [-0.39, 0.29) is 11.9 Å². The topological polar surface area (TPSA) is 45.7 Å². The summed E-state index contributed by atoms with van der Waals surface area (Å²) in [5, 5.41) is 0. The summed E-state index contributed by atoms with van der Waals surface area (Å²) in [5.74, 6) is 0.895. The van der Waals surface area contributed by atoms with Crippen LogP contribution in [0.15, 0.2) is 18.3 Å². The summed E-state index contributed by atoms with van der Waals surface area (Å²) in [7, 11) is 5.38. The first-order chi connectivity index (χ1) is 8.60. The Hall–Kier alpha value is -1.62. The van der Waals surface area contributed by atoms with Crippen LogP contribution in [0.5, 0.6) is 0 Å². The molecule has 1 aromatic heterocycles. The fourth-order valence-corrected chi connectivity index (χ4v) is 2.05. The summed E-state index contributed by atoms with van der Waals surface area (Å²) in [6.45, 7) is 2.40. The van der Waals surface area contributed by atoms with Gasteiger partial charge in [0.1, 0.15) is 5.82 Å². The first-order valence-electron chi connectivity index (χ1n) is 6.02. The minimum absolute atomic E-state index is 0.0454. The Morgan fingerprint density at radius 2 is 2.22 bits per heavy atom. The molecule has 1 aromatic rings. The Morgan fingerprint density at radius 1 is 1.50 bits per heavy atom. The molecule has 1 aliphatic heterocycles. The number of esters is 1. The van der Waals surface area contributed by atoms with E-state index < -0.39 is 0 Å². The minimum atomic E-state index is -0.104. The second-order valence-corrected chi connectivity index (χ2v) is 4.83. The number of hydrogen-bond donors (Lipinski definition) is 0. The summed E-state index contributed by atoms with van der Waals surface area (Å²) >= 11 is 0. The van der Waals surface area contributed by atoms with E-state index in [0.717, 1.165) is 25.5 Å². The molecule has 98 valence electrons. The largest absolute Gasteiger partial charge is 0.469 e. The van der Waals surface area contributed by atoms with Gasteiger partial charge < -0.3 is 9.64 Å². The third-order valence-electron chi connectivity index (χ3n) is 3.17. The number of methoxy groups -OCH3 is 1. The molecule has 18 heavy (non-hydrogen) atoms. The van der Waals surface area contributed by atoms with Crippen LogP contribution in [0.3, 0.4) is 0 Å². The van der Waals surface area contributed by atoms with E-state index in [2.05, 4.69) is 16.0 Å². The van der Waals surface area contributed by atoms with Gasteiger partial charge in [0.05, 0.1) is 13.0 Å². The summed E-state index contributed by atoms with van der Waals surface area (Å²) in [4.78, 5) is 19.8. The summed E-state index contributed by atoms with van der Waals surface area (Å²) in [5.41, 5.74) is 1.17. The first kappa shape index (κ1) is 12.8. The monoisotopic (exact) mass is 249 g/mol. The van der Waals surface area contributed by atoms with Crippen molar-refractivity contribution in [3.63, 3.8) is 0 Å². The highest BCUT2D eigenvalue weighted by atomic mass is 16.5. The summed E-state index contributed by atoms with van der Waals surface area (Å²) in [6.07, 6.45) is 1.89. The summed E-state index contributed by atoms with van der Waals surface area (Å²) in [6, 6.07) is 4.08. The zero-order chi connectivity index (χ0) is 13.1. The van der Waals surface area contributed by atoms with Crippen molar-refractivity contribution < 1.29 is 9.53 Å². The number of likely N-dealkylation sites (tertiary alicyclic amines) is 1. The minimum Gasteiger partial charge on any atom is -0.469 e. The van der Waals surface area contributed by atoms with E-state index in [0.29, 0.717) is 0 Å². The predicted molar refractivity (Wildman–Crippen MR) is 69.3 cm³/mol. The molecular weight excluding hydrogens is 230 g/mol. The van der Waals surface area contributed by atoms with Crippen molar-refractivity contribution >= 4 is 11.8 Å². The van der Waals surface area contributed by atoms with Crippen LogP contribution in [0.2, 0.25) is 0 Å². The molecule has 0 unspecified atom stereocenters. The van der Waals surface area contributed by atoms with Crippen LogP contribution in [0.4, 0.5) is 5.82 Å². The van der Waals surface area contributed by atoms with Gasteiger partial charge in [-0.25, -0.2) is 4.98 Å². The first-order valence-corrected chi connectivity index (χ1v) is 6.02. The Labute approximate surface area is 107 Å². The van der Waals surface area contributed by atoms with E-state index in [1.165, 1.54) is 12.7 Å². The zero-order valence-electron chi connectivity index (χ0n) is 11.1. The smallest absolute Gasteiger partial charge is 0.311 e. The predicted octanol–water partition coefficient (Wildman–Crippen LogP) is 0.752.